The maximum Gasteiger partial charge on any atom is 0.405 e. The maximum atomic E-state index is 12.0. The molecule has 118 valence electrons. The van der Waals surface area contributed by atoms with E-state index >= 15 is 0 Å². The van der Waals surface area contributed by atoms with E-state index in [-0.39, 0.29) is 23.4 Å². The van der Waals surface area contributed by atoms with Crippen molar-refractivity contribution in [2.45, 2.75) is 59.2 Å². The van der Waals surface area contributed by atoms with Gasteiger partial charge in [-0.15, -0.1) is 0 Å². The lowest BCUT2D eigenvalue weighted by Crippen LogP contribution is -2.47. The van der Waals surface area contributed by atoms with Crippen molar-refractivity contribution in [1.29, 1.82) is 0 Å². The van der Waals surface area contributed by atoms with Gasteiger partial charge >= 0.3 is 6.18 Å². The van der Waals surface area contributed by atoms with Gasteiger partial charge in [-0.05, 0) is 30.1 Å². The molecule has 0 radical (unpaired) electrons. The third kappa shape index (κ3) is 6.59. The fourth-order valence-electron chi connectivity index (χ4n) is 3.49. The minimum absolute atomic E-state index is 0.0626. The topological polar surface area (TPSA) is 41.1 Å². The highest BCUT2D eigenvalue weighted by molar-refractivity contribution is 5.78. The average molecular weight is 294 g/mol. The first-order valence-corrected chi connectivity index (χ1v) is 6.95. The summed E-state index contributed by atoms with van der Waals surface area (Å²) in [4.78, 5) is 11.4. The molecule has 1 amide bonds. The molecule has 0 atom stereocenters. The first kappa shape index (κ1) is 17.3. The predicted octanol–water partition coefficient (Wildman–Crippen LogP) is 2.86. The number of carbonyl (C=O) groups is 1. The number of rotatable bonds is 4. The molecule has 0 aromatic rings. The molecule has 0 unspecified atom stereocenters. The van der Waals surface area contributed by atoms with Crippen molar-refractivity contribution in [3.63, 3.8) is 0 Å². The Hall–Kier alpha value is -0.780. The number of hydrogen-bond donors (Lipinski definition) is 2. The lowest BCUT2D eigenvalue weighted by molar-refractivity contribution is -0.138. The zero-order valence-electron chi connectivity index (χ0n) is 12.7. The van der Waals surface area contributed by atoms with E-state index in [0.717, 1.165) is 19.3 Å². The minimum atomic E-state index is -4.36. The first-order chi connectivity index (χ1) is 8.89. The van der Waals surface area contributed by atoms with Gasteiger partial charge in [-0.3, -0.25) is 4.79 Å². The standard InChI is InChI=1S/C14H25F3N2O/c1-12(2)5-10(6-13(3,4)8-12)18-7-11(20)19-9-14(15,16)17/h10,18H,5-9H2,1-4H3,(H,19,20). The Bertz CT molecular complexity index is 335. The van der Waals surface area contributed by atoms with Crippen LogP contribution in [-0.2, 0) is 4.79 Å². The summed E-state index contributed by atoms with van der Waals surface area (Å²) < 4.78 is 35.9. The van der Waals surface area contributed by atoms with Crippen LogP contribution in [0.2, 0.25) is 0 Å². The zero-order valence-corrected chi connectivity index (χ0v) is 12.7. The molecule has 1 saturated carbocycles. The Balaban J connectivity index is 2.39. The number of hydrogen-bond acceptors (Lipinski definition) is 2. The number of alkyl halides is 3. The SMILES string of the molecule is CC1(C)CC(NCC(=O)NCC(F)(F)F)CC(C)(C)C1. The summed E-state index contributed by atoms with van der Waals surface area (Å²) in [7, 11) is 0. The van der Waals surface area contributed by atoms with E-state index in [0.29, 0.717) is 0 Å². The Morgan fingerprint density at radius 3 is 2.10 bits per heavy atom. The summed E-state index contributed by atoms with van der Waals surface area (Å²) in [5, 5.41) is 4.97. The van der Waals surface area contributed by atoms with Gasteiger partial charge in [0, 0.05) is 6.04 Å². The number of nitrogens with one attached hydrogen (secondary N) is 2. The molecular formula is C14H25F3N2O. The van der Waals surface area contributed by atoms with E-state index in [1.807, 2.05) is 5.32 Å². The molecule has 20 heavy (non-hydrogen) atoms. The van der Waals surface area contributed by atoms with Gasteiger partial charge in [0.2, 0.25) is 5.91 Å². The molecule has 0 aliphatic heterocycles. The van der Waals surface area contributed by atoms with E-state index in [2.05, 4.69) is 33.0 Å². The minimum Gasteiger partial charge on any atom is -0.346 e. The van der Waals surface area contributed by atoms with Gasteiger partial charge < -0.3 is 10.6 Å². The monoisotopic (exact) mass is 294 g/mol. The molecule has 1 fully saturated rings. The molecule has 1 aliphatic rings. The average Bonchev–Trinajstić information content (AvgIpc) is 2.18. The fourth-order valence-corrected chi connectivity index (χ4v) is 3.49. The van der Waals surface area contributed by atoms with Gasteiger partial charge in [0.15, 0.2) is 0 Å². The fraction of sp³-hybridized carbons (Fsp3) is 0.929. The number of amides is 1. The molecular weight excluding hydrogens is 269 g/mol. The van der Waals surface area contributed by atoms with Crippen LogP contribution in [0.25, 0.3) is 0 Å². The second kappa shape index (κ2) is 5.92. The predicted molar refractivity (Wildman–Crippen MR) is 72.3 cm³/mol. The van der Waals surface area contributed by atoms with E-state index in [4.69, 9.17) is 0 Å². The van der Waals surface area contributed by atoms with Crippen molar-refractivity contribution in [2.24, 2.45) is 10.8 Å². The summed E-state index contributed by atoms with van der Waals surface area (Å²) in [5.74, 6) is -0.608. The smallest absolute Gasteiger partial charge is 0.346 e. The van der Waals surface area contributed by atoms with Crippen molar-refractivity contribution in [1.82, 2.24) is 10.6 Å². The summed E-state index contributed by atoms with van der Waals surface area (Å²) >= 11 is 0. The normalized spacial score (nSPS) is 22.6. The van der Waals surface area contributed by atoms with Gasteiger partial charge in [-0.2, -0.15) is 13.2 Å². The molecule has 0 saturated heterocycles. The molecule has 0 aromatic carbocycles. The van der Waals surface area contributed by atoms with Crippen LogP contribution in [0.5, 0.6) is 0 Å². The van der Waals surface area contributed by atoms with Crippen molar-refractivity contribution < 1.29 is 18.0 Å². The molecule has 3 nitrogen and oxygen atoms in total. The lowest BCUT2D eigenvalue weighted by atomic mass is 9.63. The molecule has 0 bridgehead atoms. The van der Waals surface area contributed by atoms with E-state index in [1.165, 1.54) is 0 Å². The van der Waals surface area contributed by atoms with E-state index < -0.39 is 18.6 Å². The maximum absolute atomic E-state index is 12.0. The number of halogens is 3. The van der Waals surface area contributed by atoms with Crippen LogP contribution in [0, 0.1) is 10.8 Å². The number of carbonyl (C=O) groups excluding carboxylic acids is 1. The van der Waals surface area contributed by atoms with Crippen LogP contribution in [0.3, 0.4) is 0 Å². The van der Waals surface area contributed by atoms with Crippen LogP contribution in [0.4, 0.5) is 13.2 Å². The van der Waals surface area contributed by atoms with Crippen molar-refractivity contribution in [3.8, 4) is 0 Å². The highest BCUT2D eigenvalue weighted by atomic mass is 19.4. The van der Waals surface area contributed by atoms with Gasteiger partial charge in [-0.1, -0.05) is 27.7 Å². The Morgan fingerprint density at radius 2 is 1.65 bits per heavy atom. The van der Waals surface area contributed by atoms with Crippen LogP contribution < -0.4 is 10.6 Å². The third-order valence-electron chi connectivity index (χ3n) is 3.59. The third-order valence-corrected chi connectivity index (χ3v) is 3.59. The summed E-state index contributed by atoms with van der Waals surface area (Å²) in [6, 6.07) is 0.172. The Labute approximate surface area is 118 Å². The molecule has 1 rings (SSSR count). The molecule has 0 heterocycles. The Morgan fingerprint density at radius 1 is 1.15 bits per heavy atom. The highest BCUT2D eigenvalue weighted by Gasteiger charge is 2.38. The largest absolute Gasteiger partial charge is 0.405 e. The summed E-state index contributed by atoms with van der Waals surface area (Å²) in [6.07, 6.45) is -1.38. The van der Waals surface area contributed by atoms with E-state index in [1.54, 1.807) is 0 Å². The van der Waals surface area contributed by atoms with Gasteiger partial charge in [0.25, 0.3) is 0 Å². The van der Waals surface area contributed by atoms with Crippen molar-refractivity contribution in [2.75, 3.05) is 13.1 Å². The van der Waals surface area contributed by atoms with Gasteiger partial charge in [-0.25, -0.2) is 0 Å². The Kier molecular flexibility index (Phi) is 5.11. The van der Waals surface area contributed by atoms with Crippen molar-refractivity contribution in [3.05, 3.63) is 0 Å². The quantitative estimate of drug-likeness (QED) is 0.837. The van der Waals surface area contributed by atoms with Crippen LogP contribution in [-0.4, -0.2) is 31.2 Å². The van der Waals surface area contributed by atoms with E-state index in [9.17, 15) is 18.0 Å². The van der Waals surface area contributed by atoms with Crippen molar-refractivity contribution >= 4 is 5.91 Å². The highest BCUT2D eigenvalue weighted by Crippen LogP contribution is 2.45. The van der Waals surface area contributed by atoms with Crippen LogP contribution in [0.1, 0.15) is 47.0 Å². The van der Waals surface area contributed by atoms with Crippen LogP contribution in [0.15, 0.2) is 0 Å². The second-order valence-electron chi connectivity index (χ2n) is 7.38. The lowest BCUT2D eigenvalue weighted by Gasteiger charge is -2.45. The summed E-state index contributed by atoms with van der Waals surface area (Å²) in [5.41, 5.74) is 0.365. The summed E-state index contributed by atoms with van der Waals surface area (Å²) in [6.45, 7) is 7.42. The molecule has 6 heteroatoms. The zero-order chi connectivity index (χ0) is 15.6. The second-order valence-corrected chi connectivity index (χ2v) is 7.38. The first-order valence-electron chi connectivity index (χ1n) is 6.95. The molecule has 0 aromatic heterocycles. The molecule has 2 N–H and O–H groups in total. The van der Waals surface area contributed by atoms with Gasteiger partial charge in [0.1, 0.15) is 6.54 Å². The molecule has 0 spiro atoms. The van der Waals surface area contributed by atoms with Gasteiger partial charge in [0.05, 0.1) is 6.54 Å². The molecule has 1 aliphatic carbocycles. The van der Waals surface area contributed by atoms with Crippen LogP contribution >= 0.6 is 0 Å².